The van der Waals surface area contributed by atoms with Gasteiger partial charge in [0.2, 0.25) is 15.9 Å². The largest absolute Gasteiger partial charge is 0.348 e. The highest BCUT2D eigenvalue weighted by Crippen LogP contribution is 2.20. The van der Waals surface area contributed by atoms with Crippen LogP contribution in [-0.4, -0.2) is 31.7 Å². The Morgan fingerprint density at radius 3 is 2.13 bits per heavy atom. The van der Waals surface area contributed by atoms with Crippen LogP contribution in [0.25, 0.3) is 0 Å². The number of amides is 1. The molecule has 0 radical (unpaired) electrons. The lowest BCUT2D eigenvalue weighted by atomic mass is 10.1. The third-order valence-corrected chi connectivity index (χ3v) is 7.33. The molecule has 3 rings (SSSR count). The summed E-state index contributed by atoms with van der Waals surface area (Å²) in [5.41, 5.74) is 1.97. The molecular weight excluding hydrogens is 476 g/mol. The zero-order valence-electron chi connectivity index (χ0n) is 17.2. The second-order valence-electron chi connectivity index (χ2n) is 7.23. The summed E-state index contributed by atoms with van der Waals surface area (Å²) in [6.07, 6.45) is 0.512. The molecule has 1 amide bonds. The van der Waals surface area contributed by atoms with Crippen LogP contribution in [0.3, 0.4) is 0 Å². The predicted octanol–water partition coefficient (Wildman–Crippen LogP) is 4.56. The van der Waals surface area contributed by atoms with Crippen molar-refractivity contribution < 1.29 is 13.2 Å². The summed E-state index contributed by atoms with van der Waals surface area (Å²) < 4.78 is 28.6. The number of carbonyl (C=O) groups excluding carboxylic acids is 1. The second-order valence-corrected chi connectivity index (χ2v) is 10.1. The Bertz CT molecular complexity index is 1090. The molecule has 0 unspecified atom stereocenters. The van der Waals surface area contributed by atoms with Crippen LogP contribution in [0.1, 0.15) is 24.1 Å². The van der Waals surface area contributed by atoms with E-state index in [1.165, 1.54) is 4.31 Å². The standard InChI is InChI=1S/C24H25BrN2O3S/c1-19(21-10-6-3-7-11-21)26-24(28)18-27(17-16-20-8-4-2-5-9-20)31(29,30)23-14-12-22(25)13-15-23/h2-15,19H,16-18H2,1H3,(H,26,28)/t19-/m1/s1. The molecule has 0 fully saturated rings. The molecule has 3 aromatic carbocycles. The molecule has 0 aliphatic heterocycles. The van der Waals surface area contributed by atoms with Crippen molar-refractivity contribution in [3.05, 3.63) is 101 Å². The summed E-state index contributed by atoms with van der Waals surface area (Å²) in [6.45, 7) is 1.84. The average Bonchev–Trinajstić information content (AvgIpc) is 2.78. The Balaban J connectivity index is 1.77. The van der Waals surface area contributed by atoms with Crippen molar-refractivity contribution in [2.75, 3.05) is 13.1 Å². The quantitative estimate of drug-likeness (QED) is 0.468. The van der Waals surface area contributed by atoms with Gasteiger partial charge in [-0.25, -0.2) is 8.42 Å². The molecular formula is C24H25BrN2O3S. The van der Waals surface area contributed by atoms with Crippen LogP contribution in [0.5, 0.6) is 0 Å². The van der Waals surface area contributed by atoms with Gasteiger partial charge in [0.05, 0.1) is 17.5 Å². The molecule has 0 spiro atoms. The predicted molar refractivity (Wildman–Crippen MR) is 126 cm³/mol. The van der Waals surface area contributed by atoms with Gasteiger partial charge in [-0.2, -0.15) is 4.31 Å². The van der Waals surface area contributed by atoms with Crippen molar-refractivity contribution in [1.82, 2.24) is 9.62 Å². The highest BCUT2D eigenvalue weighted by atomic mass is 79.9. The number of rotatable bonds is 9. The van der Waals surface area contributed by atoms with Crippen molar-refractivity contribution in [2.24, 2.45) is 0 Å². The molecule has 0 aliphatic rings. The second kappa shape index (κ2) is 10.7. The van der Waals surface area contributed by atoms with E-state index in [2.05, 4.69) is 21.2 Å². The first kappa shape index (κ1) is 23.2. The van der Waals surface area contributed by atoms with Crippen LogP contribution in [0, 0.1) is 0 Å². The lowest BCUT2D eigenvalue weighted by molar-refractivity contribution is -0.121. The Labute approximate surface area is 192 Å². The number of hydrogen-bond acceptors (Lipinski definition) is 3. The lowest BCUT2D eigenvalue weighted by Crippen LogP contribution is -2.42. The van der Waals surface area contributed by atoms with Gasteiger partial charge in [0.15, 0.2) is 0 Å². The van der Waals surface area contributed by atoms with E-state index in [1.54, 1.807) is 24.3 Å². The number of nitrogens with one attached hydrogen (secondary N) is 1. The van der Waals surface area contributed by atoms with E-state index in [0.717, 1.165) is 15.6 Å². The minimum absolute atomic E-state index is 0.160. The smallest absolute Gasteiger partial charge is 0.243 e. The maximum atomic E-state index is 13.3. The maximum absolute atomic E-state index is 13.3. The van der Waals surface area contributed by atoms with Gasteiger partial charge >= 0.3 is 0 Å². The minimum atomic E-state index is -3.83. The van der Waals surface area contributed by atoms with Gasteiger partial charge < -0.3 is 5.32 Å². The maximum Gasteiger partial charge on any atom is 0.243 e. The topological polar surface area (TPSA) is 66.5 Å². The van der Waals surface area contributed by atoms with Crippen LogP contribution in [0.2, 0.25) is 0 Å². The van der Waals surface area contributed by atoms with E-state index in [9.17, 15) is 13.2 Å². The Morgan fingerprint density at radius 1 is 0.935 bits per heavy atom. The molecule has 0 bridgehead atoms. The third-order valence-electron chi connectivity index (χ3n) is 4.94. The molecule has 162 valence electrons. The zero-order valence-corrected chi connectivity index (χ0v) is 19.6. The van der Waals surface area contributed by atoms with Crippen molar-refractivity contribution in [2.45, 2.75) is 24.3 Å². The summed E-state index contributed by atoms with van der Waals surface area (Å²) in [7, 11) is -3.83. The van der Waals surface area contributed by atoms with Gasteiger partial charge in [0, 0.05) is 11.0 Å². The van der Waals surface area contributed by atoms with Crippen LogP contribution in [0.15, 0.2) is 94.3 Å². The van der Waals surface area contributed by atoms with Crippen LogP contribution in [-0.2, 0) is 21.2 Å². The van der Waals surface area contributed by atoms with Crippen LogP contribution < -0.4 is 5.32 Å². The van der Waals surface area contributed by atoms with E-state index in [0.29, 0.717) is 6.42 Å². The molecule has 0 saturated heterocycles. The van der Waals surface area contributed by atoms with Gasteiger partial charge in [0.1, 0.15) is 0 Å². The number of benzene rings is 3. The number of halogens is 1. The summed E-state index contributed by atoms with van der Waals surface area (Å²) in [4.78, 5) is 12.9. The van der Waals surface area contributed by atoms with Gasteiger partial charge in [-0.05, 0) is 48.7 Å². The Morgan fingerprint density at radius 2 is 1.52 bits per heavy atom. The number of nitrogens with zero attached hydrogens (tertiary/aromatic N) is 1. The molecule has 5 nitrogen and oxygen atoms in total. The molecule has 0 aliphatic carbocycles. The molecule has 0 aromatic heterocycles. The summed E-state index contributed by atoms with van der Waals surface area (Å²) in [6, 6.07) is 25.4. The number of sulfonamides is 1. The van der Waals surface area contributed by atoms with Crippen molar-refractivity contribution >= 4 is 31.9 Å². The van der Waals surface area contributed by atoms with E-state index in [4.69, 9.17) is 0 Å². The molecule has 3 aromatic rings. The van der Waals surface area contributed by atoms with Crippen LogP contribution >= 0.6 is 15.9 Å². The molecule has 31 heavy (non-hydrogen) atoms. The highest BCUT2D eigenvalue weighted by molar-refractivity contribution is 9.10. The van der Waals surface area contributed by atoms with E-state index in [-0.39, 0.29) is 29.9 Å². The molecule has 1 N–H and O–H groups in total. The normalized spacial score (nSPS) is 12.5. The Hall–Kier alpha value is -2.48. The van der Waals surface area contributed by atoms with E-state index in [1.807, 2.05) is 67.6 Å². The van der Waals surface area contributed by atoms with Crippen molar-refractivity contribution in [3.63, 3.8) is 0 Å². The monoisotopic (exact) mass is 500 g/mol. The summed E-state index contributed by atoms with van der Waals surface area (Å²) in [5.74, 6) is -0.342. The average molecular weight is 501 g/mol. The molecule has 1 atom stereocenters. The first-order chi connectivity index (χ1) is 14.9. The fourth-order valence-electron chi connectivity index (χ4n) is 3.21. The fraction of sp³-hybridized carbons (Fsp3) is 0.208. The molecule has 0 saturated carbocycles. The van der Waals surface area contributed by atoms with Crippen LogP contribution in [0.4, 0.5) is 0 Å². The van der Waals surface area contributed by atoms with Gasteiger partial charge in [-0.1, -0.05) is 76.6 Å². The van der Waals surface area contributed by atoms with Crippen molar-refractivity contribution in [1.29, 1.82) is 0 Å². The fourth-order valence-corrected chi connectivity index (χ4v) is 4.87. The van der Waals surface area contributed by atoms with E-state index >= 15 is 0 Å². The van der Waals surface area contributed by atoms with E-state index < -0.39 is 10.0 Å². The first-order valence-corrected chi connectivity index (χ1v) is 12.2. The highest BCUT2D eigenvalue weighted by Gasteiger charge is 2.27. The van der Waals surface area contributed by atoms with Crippen molar-refractivity contribution in [3.8, 4) is 0 Å². The Kier molecular flexibility index (Phi) is 8.01. The molecule has 7 heteroatoms. The summed E-state index contributed by atoms with van der Waals surface area (Å²) >= 11 is 3.33. The SMILES string of the molecule is C[C@@H](NC(=O)CN(CCc1ccccc1)S(=O)(=O)c1ccc(Br)cc1)c1ccccc1. The lowest BCUT2D eigenvalue weighted by Gasteiger charge is -2.23. The number of carbonyl (C=O) groups is 1. The van der Waals surface area contributed by atoms with Gasteiger partial charge in [-0.3, -0.25) is 4.79 Å². The first-order valence-electron chi connectivity index (χ1n) is 10.0. The van der Waals surface area contributed by atoms with Gasteiger partial charge in [0.25, 0.3) is 0 Å². The number of hydrogen-bond donors (Lipinski definition) is 1. The third kappa shape index (κ3) is 6.50. The van der Waals surface area contributed by atoms with Gasteiger partial charge in [-0.15, -0.1) is 0 Å². The summed E-state index contributed by atoms with van der Waals surface area (Å²) in [5, 5.41) is 2.90. The minimum Gasteiger partial charge on any atom is -0.348 e. The zero-order chi connectivity index (χ0) is 22.3. The molecule has 0 heterocycles.